The van der Waals surface area contributed by atoms with E-state index >= 15 is 0 Å². The Morgan fingerprint density at radius 2 is 2.54 bits per heavy atom. The number of rotatable bonds is 4. The first-order valence-electron chi connectivity index (χ1n) is 3.65. The number of amides is 1. The fraction of sp³-hybridized carbons (Fsp3) is 0.250. The highest BCUT2D eigenvalue weighted by Crippen LogP contribution is 1.97. The predicted molar refractivity (Wildman–Crippen MR) is 43.5 cm³/mol. The zero-order valence-corrected chi connectivity index (χ0v) is 6.82. The molecule has 5 heteroatoms. The monoisotopic (exact) mass is 180 g/mol. The van der Waals surface area contributed by atoms with E-state index in [4.69, 9.17) is 4.42 Å². The minimum absolute atomic E-state index is 0.190. The zero-order valence-electron chi connectivity index (χ0n) is 6.82. The highest BCUT2D eigenvalue weighted by atomic mass is 16.3. The summed E-state index contributed by atoms with van der Waals surface area (Å²) < 4.78 is 4.97. The van der Waals surface area contributed by atoms with Gasteiger partial charge in [0.15, 0.2) is 0 Å². The van der Waals surface area contributed by atoms with Crippen molar-refractivity contribution in [2.45, 2.75) is 6.54 Å². The molecule has 0 aliphatic rings. The van der Waals surface area contributed by atoms with Gasteiger partial charge >= 0.3 is 0 Å². The van der Waals surface area contributed by atoms with Crippen LogP contribution in [0.15, 0.2) is 27.8 Å². The lowest BCUT2D eigenvalue weighted by atomic mass is 10.4. The molecule has 1 N–H and O–H groups in total. The minimum Gasteiger partial charge on any atom is -0.467 e. The fourth-order valence-corrected chi connectivity index (χ4v) is 0.759. The van der Waals surface area contributed by atoms with Gasteiger partial charge < -0.3 is 9.73 Å². The van der Waals surface area contributed by atoms with Crippen molar-refractivity contribution in [3.05, 3.63) is 24.2 Å². The van der Waals surface area contributed by atoms with Crippen molar-refractivity contribution in [1.29, 1.82) is 0 Å². The fourth-order valence-electron chi connectivity index (χ4n) is 0.759. The maximum atomic E-state index is 10.9. The molecule has 1 heterocycles. The summed E-state index contributed by atoms with van der Waals surface area (Å²) in [5.74, 6) is 0.322. The Bertz CT molecular complexity index is 312. The molecule has 0 radical (unpaired) electrons. The SMILES string of the molecule is O=C=NCC(=O)NCc1ccco1. The van der Waals surface area contributed by atoms with Gasteiger partial charge in [0.2, 0.25) is 12.0 Å². The minimum atomic E-state index is -0.334. The summed E-state index contributed by atoms with van der Waals surface area (Å²) >= 11 is 0. The van der Waals surface area contributed by atoms with E-state index in [0.29, 0.717) is 12.3 Å². The Morgan fingerprint density at radius 3 is 3.15 bits per heavy atom. The van der Waals surface area contributed by atoms with E-state index in [9.17, 15) is 9.59 Å². The Kier molecular flexibility index (Phi) is 3.47. The van der Waals surface area contributed by atoms with Crippen LogP contribution < -0.4 is 5.32 Å². The number of hydrogen-bond acceptors (Lipinski definition) is 4. The summed E-state index contributed by atoms with van der Waals surface area (Å²) in [4.78, 5) is 23.6. The number of hydrogen-bond donors (Lipinski definition) is 1. The largest absolute Gasteiger partial charge is 0.467 e. The topological polar surface area (TPSA) is 71.7 Å². The Morgan fingerprint density at radius 1 is 1.69 bits per heavy atom. The quantitative estimate of drug-likeness (QED) is 0.532. The molecular formula is C8H8N2O3. The van der Waals surface area contributed by atoms with Crippen molar-refractivity contribution in [3.8, 4) is 0 Å². The molecule has 1 aromatic rings. The van der Waals surface area contributed by atoms with Crippen LogP contribution in [0.3, 0.4) is 0 Å². The molecule has 0 bridgehead atoms. The van der Waals surface area contributed by atoms with Gasteiger partial charge in [-0.15, -0.1) is 0 Å². The number of nitrogens with one attached hydrogen (secondary N) is 1. The summed E-state index contributed by atoms with van der Waals surface area (Å²) in [5, 5.41) is 2.51. The standard InChI is InChI=1S/C8H8N2O3/c11-6-9-5-8(12)10-4-7-2-1-3-13-7/h1-3H,4-5H2,(H,10,12). The average molecular weight is 180 g/mol. The lowest BCUT2D eigenvalue weighted by molar-refractivity contribution is -0.119. The molecule has 0 aliphatic heterocycles. The van der Waals surface area contributed by atoms with Gasteiger partial charge in [0, 0.05) is 0 Å². The number of carbonyl (C=O) groups excluding carboxylic acids is 2. The number of furan rings is 1. The Hall–Kier alpha value is -1.87. The molecule has 0 saturated heterocycles. The van der Waals surface area contributed by atoms with Crippen LogP contribution in [0.4, 0.5) is 0 Å². The highest BCUT2D eigenvalue weighted by Gasteiger charge is 2.00. The maximum absolute atomic E-state index is 10.9. The first kappa shape index (κ1) is 9.22. The molecule has 0 atom stereocenters. The molecule has 0 saturated carbocycles. The first-order chi connectivity index (χ1) is 6.33. The van der Waals surface area contributed by atoms with Crippen LogP contribution in [0.2, 0.25) is 0 Å². The van der Waals surface area contributed by atoms with Gasteiger partial charge in [0.25, 0.3) is 0 Å². The second kappa shape index (κ2) is 4.90. The molecule has 5 nitrogen and oxygen atoms in total. The van der Waals surface area contributed by atoms with E-state index < -0.39 is 0 Å². The van der Waals surface area contributed by atoms with Crippen LogP contribution in [0.1, 0.15) is 5.76 Å². The molecule has 1 aromatic heterocycles. The summed E-state index contributed by atoms with van der Waals surface area (Å²) in [5.41, 5.74) is 0. The van der Waals surface area contributed by atoms with Crippen molar-refractivity contribution in [2.75, 3.05) is 6.54 Å². The van der Waals surface area contributed by atoms with Crippen LogP contribution in [-0.2, 0) is 16.1 Å². The third kappa shape index (κ3) is 3.35. The van der Waals surface area contributed by atoms with E-state index in [1.807, 2.05) is 0 Å². The van der Waals surface area contributed by atoms with E-state index in [-0.39, 0.29) is 12.5 Å². The zero-order chi connectivity index (χ0) is 9.52. The second-order valence-electron chi connectivity index (χ2n) is 2.26. The third-order valence-electron chi connectivity index (χ3n) is 1.33. The van der Waals surface area contributed by atoms with Crippen LogP contribution in [0.25, 0.3) is 0 Å². The molecule has 0 unspecified atom stereocenters. The number of isocyanates is 1. The van der Waals surface area contributed by atoms with Crippen molar-refractivity contribution in [2.24, 2.45) is 4.99 Å². The van der Waals surface area contributed by atoms with Crippen LogP contribution in [0.5, 0.6) is 0 Å². The van der Waals surface area contributed by atoms with Crippen LogP contribution >= 0.6 is 0 Å². The summed E-state index contributed by atoms with van der Waals surface area (Å²) in [6.45, 7) is 0.115. The van der Waals surface area contributed by atoms with E-state index in [1.165, 1.54) is 12.3 Å². The van der Waals surface area contributed by atoms with Crippen molar-refractivity contribution in [3.63, 3.8) is 0 Å². The summed E-state index contributed by atoms with van der Waals surface area (Å²) in [6, 6.07) is 3.47. The number of nitrogens with zero attached hydrogens (tertiary/aromatic N) is 1. The Labute approximate surface area is 74.5 Å². The molecule has 0 aliphatic carbocycles. The molecule has 68 valence electrons. The van der Waals surface area contributed by atoms with E-state index in [0.717, 1.165) is 0 Å². The van der Waals surface area contributed by atoms with E-state index in [1.54, 1.807) is 12.1 Å². The number of carbonyl (C=O) groups is 1. The lowest BCUT2D eigenvalue weighted by Crippen LogP contribution is -2.24. The van der Waals surface area contributed by atoms with Gasteiger partial charge in [-0.25, -0.2) is 4.79 Å². The van der Waals surface area contributed by atoms with Crippen LogP contribution in [-0.4, -0.2) is 18.5 Å². The number of aliphatic imine (C=N–C) groups is 1. The molecule has 1 rings (SSSR count). The highest BCUT2D eigenvalue weighted by molar-refractivity contribution is 5.78. The lowest BCUT2D eigenvalue weighted by Gasteiger charge is -1.98. The molecule has 0 aromatic carbocycles. The first-order valence-corrected chi connectivity index (χ1v) is 3.65. The summed E-state index contributed by atoms with van der Waals surface area (Å²) in [6.07, 6.45) is 2.80. The van der Waals surface area contributed by atoms with Gasteiger partial charge in [0.1, 0.15) is 12.3 Å². The molecule has 0 spiro atoms. The van der Waals surface area contributed by atoms with Crippen molar-refractivity contribution < 1.29 is 14.0 Å². The average Bonchev–Trinajstić information content (AvgIpc) is 2.64. The van der Waals surface area contributed by atoms with Gasteiger partial charge in [-0.2, -0.15) is 4.99 Å². The molecule has 0 fully saturated rings. The summed E-state index contributed by atoms with van der Waals surface area (Å²) in [7, 11) is 0. The smallest absolute Gasteiger partial charge is 0.242 e. The normalized spacial score (nSPS) is 8.92. The van der Waals surface area contributed by atoms with E-state index in [2.05, 4.69) is 10.3 Å². The molecule has 1 amide bonds. The van der Waals surface area contributed by atoms with Gasteiger partial charge in [-0.3, -0.25) is 4.79 Å². The second-order valence-corrected chi connectivity index (χ2v) is 2.26. The predicted octanol–water partition coefficient (Wildman–Crippen LogP) is 0.232. The van der Waals surface area contributed by atoms with Gasteiger partial charge in [0.05, 0.1) is 12.8 Å². The molecular weight excluding hydrogens is 172 g/mol. The van der Waals surface area contributed by atoms with Crippen molar-refractivity contribution in [1.82, 2.24) is 5.32 Å². The maximum Gasteiger partial charge on any atom is 0.242 e. The molecule has 13 heavy (non-hydrogen) atoms. The van der Waals surface area contributed by atoms with Gasteiger partial charge in [-0.05, 0) is 12.1 Å². The van der Waals surface area contributed by atoms with Gasteiger partial charge in [-0.1, -0.05) is 0 Å². The van der Waals surface area contributed by atoms with Crippen LogP contribution in [0, 0.1) is 0 Å². The Balaban J connectivity index is 2.26. The van der Waals surface area contributed by atoms with Crippen molar-refractivity contribution >= 4 is 12.0 Å². The third-order valence-corrected chi connectivity index (χ3v) is 1.33.